The number of aromatic carboxylic acids is 2. The number of hydrogen-bond donors (Lipinski definition) is 2. The van der Waals surface area contributed by atoms with Gasteiger partial charge in [0.2, 0.25) is 0 Å². The Hall–Kier alpha value is -4.16. The molecule has 3 aromatic rings. The molecule has 0 aromatic heterocycles. The molecule has 0 atom stereocenters. The molecule has 0 unspecified atom stereocenters. The molecule has 3 aromatic carbocycles. The molecule has 0 radical (unpaired) electrons. The smallest absolute Gasteiger partial charge is 0.346 e. The first kappa shape index (κ1) is 26.4. The lowest BCUT2D eigenvalue weighted by Gasteiger charge is -2.07. The van der Waals surface area contributed by atoms with Crippen LogP contribution in [0.5, 0.6) is 0 Å². The number of carboxylic acid groups (broad SMARTS) is 2. The average Bonchev–Trinajstić information content (AvgIpc) is 2.83. The summed E-state index contributed by atoms with van der Waals surface area (Å²) in [4.78, 5) is 71.9. The maximum atomic E-state index is 12.4. The van der Waals surface area contributed by atoms with Crippen LogP contribution in [0.1, 0.15) is 62.1 Å². The van der Waals surface area contributed by atoms with Gasteiger partial charge in [-0.05, 0) is 54.6 Å². The highest BCUT2D eigenvalue weighted by atomic mass is 79.9. The minimum Gasteiger partial charge on any atom is -0.478 e. The van der Waals surface area contributed by atoms with E-state index in [1.807, 2.05) is 0 Å². The minimum absolute atomic E-state index is 0.203. The zero-order chi connectivity index (χ0) is 26.6. The van der Waals surface area contributed by atoms with Gasteiger partial charge in [-0.2, -0.15) is 0 Å². The highest BCUT2D eigenvalue weighted by Gasteiger charge is 2.21. The molecule has 12 heteroatoms. The Kier molecular flexibility index (Phi) is 8.12. The summed E-state index contributed by atoms with van der Waals surface area (Å²) in [6.07, 6.45) is 0. The number of esters is 4. The monoisotopic (exact) mass is 618 g/mol. The summed E-state index contributed by atoms with van der Waals surface area (Å²) < 4.78 is 10.1. The second-order valence-electron chi connectivity index (χ2n) is 7.00. The maximum absolute atomic E-state index is 12.4. The molecule has 2 N–H and O–H groups in total. The van der Waals surface area contributed by atoms with Crippen LogP contribution in [0.3, 0.4) is 0 Å². The van der Waals surface area contributed by atoms with Gasteiger partial charge in [-0.3, -0.25) is 0 Å². The minimum atomic E-state index is -1.29. The highest BCUT2D eigenvalue weighted by Crippen LogP contribution is 2.19. The van der Waals surface area contributed by atoms with Gasteiger partial charge in [0.1, 0.15) is 0 Å². The summed E-state index contributed by atoms with van der Waals surface area (Å²) in [7, 11) is 0. The van der Waals surface area contributed by atoms with Crippen LogP contribution in [-0.2, 0) is 9.47 Å². The predicted octanol–water partition coefficient (Wildman–Crippen LogP) is 4.60. The van der Waals surface area contributed by atoms with E-state index in [-0.39, 0.29) is 42.3 Å². The molecule has 0 fully saturated rings. The van der Waals surface area contributed by atoms with Crippen LogP contribution in [0.4, 0.5) is 0 Å². The van der Waals surface area contributed by atoms with Gasteiger partial charge in [-0.25, -0.2) is 28.8 Å². The van der Waals surface area contributed by atoms with E-state index in [1.165, 1.54) is 42.5 Å². The van der Waals surface area contributed by atoms with Crippen molar-refractivity contribution >= 4 is 67.7 Å². The van der Waals surface area contributed by atoms with Gasteiger partial charge in [0.15, 0.2) is 0 Å². The Labute approximate surface area is 218 Å². The number of hydrogen-bond acceptors (Lipinski definition) is 8. The molecular weight excluding hydrogens is 608 g/mol. The number of ether oxygens (including phenoxy) is 2. The van der Waals surface area contributed by atoms with E-state index in [9.17, 15) is 28.8 Å². The normalized spacial score (nSPS) is 10.3. The van der Waals surface area contributed by atoms with E-state index < -0.39 is 35.8 Å². The van der Waals surface area contributed by atoms with Gasteiger partial charge in [0, 0.05) is 8.95 Å². The number of halogens is 2. The third kappa shape index (κ3) is 6.49. The first-order valence-corrected chi connectivity index (χ1v) is 11.2. The van der Waals surface area contributed by atoms with E-state index >= 15 is 0 Å². The number of benzene rings is 3. The van der Waals surface area contributed by atoms with Crippen molar-refractivity contribution in [3.05, 3.63) is 103 Å². The molecule has 0 aliphatic rings. The summed E-state index contributed by atoms with van der Waals surface area (Å²) in [5.74, 6) is -7.13. The maximum Gasteiger partial charge on any atom is 0.346 e. The number of carbonyl (C=O) groups excluding carboxylic acids is 4. The van der Waals surface area contributed by atoms with Crippen LogP contribution in [0.2, 0.25) is 0 Å². The molecule has 0 spiro atoms. The molecule has 0 bridgehead atoms. The third-order valence-electron chi connectivity index (χ3n) is 4.47. The fraction of sp³-hybridized carbons (Fsp3) is 0. The number of carboxylic acids is 2. The lowest BCUT2D eigenvalue weighted by atomic mass is 10.1. The fourth-order valence-electron chi connectivity index (χ4n) is 2.84. The molecular formula is C24H12Br2O10. The molecule has 0 aliphatic carbocycles. The van der Waals surface area contributed by atoms with Crippen LogP contribution >= 0.6 is 31.9 Å². The van der Waals surface area contributed by atoms with Crippen molar-refractivity contribution < 1.29 is 48.5 Å². The summed E-state index contributed by atoms with van der Waals surface area (Å²) in [6.45, 7) is 0. The average molecular weight is 620 g/mol. The summed E-state index contributed by atoms with van der Waals surface area (Å²) >= 11 is 6.14. The first-order valence-electron chi connectivity index (χ1n) is 9.65. The molecule has 0 aliphatic heterocycles. The quantitative estimate of drug-likeness (QED) is 0.294. The van der Waals surface area contributed by atoms with Gasteiger partial charge in [-0.1, -0.05) is 37.9 Å². The van der Waals surface area contributed by atoms with Gasteiger partial charge in [0.25, 0.3) is 0 Å². The standard InChI is InChI=1S/C24H12Br2O10/c25-17-7-13(19(27)28)5-15(9-17)23(33)35-21(31)11-2-1-3-12(4-11)22(32)36-24(34)16-6-14(20(29)30)8-18(26)10-16/h1-10H,(H,27,28)(H,29,30). The van der Waals surface area contributed by atoms with E-state index in [0.29, 0.717) is 0 Å². The Morgan fingerprint density at radius 2 is 0.806 bits per heavy atom. The van der Waals surface area contributed by atoms with Gasteiger partial charge in [-0.15, -0.1) is 0 Å². The van der Waals surface area contributed by atoms with Gasteiger partial charge in [0.05, 0.1) is 33.4 Å². The van der Waals surface area contributed by atoms with E-state index in [2.05, 4.69) is 31.9 Å². The SMILES string of the molecule is O=C(O)c1cc(Br)cc(C(=O)OC(=O)c2cccc(C(=O)OC(=O)c3cc(Br)cc(C(=O)O)c3)c2)c1. The van der Waals surface area contributed by atoms with Gasteiger partial charge >= 0.3 is 35.8 Å². The molecule has 36 heavy (non-hydrogen) atoms. The first-order chi connectivity index (χ1) is 16.9. The summed E-state index contributed by atoms with van der Waals surface area (Å²) in [5.41, 5.74) is -1.28. The van der Waals surface area contributed by atoms with Crippen molar-refractivity contribution in [1.82, 2.24) is 0 Å². The van der Waals surface area contributed by atoms with Crippen molar-refractivity contribution in [3.63, 3.8) is 0 Å². The lowest BCUT2D eigenvalue weighted by molar-refractivity contribution is 0.0386. The topological polar surface area (TPSA) is 161 Å². The van der Waals surface area contributed by atoms with E-state index in [1.54, 1.807) is 0 Å². The van der Waals surface area contributed by atoms with Crippen LogP contribution in [0.15, 0.2) is 69.6 Å². The summed E-state index contributed by atoms with van der Waals surface area (Å²) in [5, 5.41) is 18.2. The van der Waals surface area contributed by atoms with Crippen LogP contribution in [0.25, 0.3) is 0 Å². The molecule has 3 rings (SSSR count). The van der Waals surface area contributed by atoms with Crippen LogP contribution in [0, 0.1) is 0 Å². The van der Waals surface area contributed by atoms with Crippen LogP contribution < -0.4 is 0 Å². The Morgan fingerprint density at radius 1 is 0.500 bits per heavy atom. The molecule has 0 saturated carbocycles. The fourth-order valence-corrected chi connectivity index (χ4v) is 3.83. The molecule has 182 valence electrons. The second kappa shape index (κ2) is 11.1. The van der Waals surface area contributed by atoms with E-state index in [4.69, 9.17) is 19.7 Å². The van der Waals surface area contributed by atoms with Crippen molar-refractivity contribution in [2.24, 2.45) is 0 Å². The molecule has 0 heterocycles. The zero-order valence-electron chi connectivity index (χ0n) is 17.7. The molecule has 10 nitrogen and oxygen atoms in total. The number of carbonyl (C=O) groups is 6. The largest absolute Gasteiger partial charge is 0.478 e. The summed E-state index contributed by atoms with van der Waals surface area (Å²) in [6, 6.07) is 11.9. The Bertz CT molecular complexity index is 1340. The third-order valence-corrected chi connectivity index (χ3v) is 5.38. The Morgan fingerprint density at radius 3 is 1.17 bits per heavy atom. The second-order valence-corrected chi connectivity index (χ2v) is 8.83. The Balaban J connectivity index is 1.75. The highest BCUT2D eigenvalue weighted by molar-refractivity contribution is 9.10. The van der Waals surface area contributed by atoms with Crippen molar-refractivity contribution in [1.29, 1.82) is 0 Å². The van der Waals surface area contributed by atoms with Crippen molar-refractivity contribution in [2.75, 3.05) is 0 Å². The number of rotatable bonds is 6. The predicted molar refractivity (Wildman–Crippen MR) is 128 cm³/mol. The molecule has 0 saturated heterocycles. The van der Waals surface area contributed by atoms with Crippen molar-refractivity contribution in [2.45, 2.75) is 0 Å². The lowest BCUT2D eigenvalue weighted by Crippen LogP contribution is -2.16. The zero-order valence-corrected chi connectivity index (χ0v) is 20.9. The van der Waals surface area contributed by atoms with Crippen molar-refractivity contribution in [3.8, 4) is 0 Å². The molecule has 0 amide bonds. The van der Waals surface area contributed by atoms with Crippen LogP contribution in [-0.4, -0.2) is 46.0 Å². The van der Waals surface area contributed by atoms with E-state index in [0.717, 1.165) is 18.2 Å². The van der Waals surface area contributed by atoms with Gasteiger partial charge < -0.3 is 19.7 Å².